The van der Waals surface area contributed by atoms with Crippen molar-refractivity contribution < 1.29 is 19.0 Å². The van der Waals surface area contributed by atoms with Gasteiger partial charge in [0.05, 0.1) is 6.16 Å². The molecule has 0 aliphatic heterocycles. The first-order chi connectivity index (χ1) is 9.87. The summed E-state index contributed by atoms with van der Waals surface area (Å²) in [6.45, 7) is 2.27. The van der Waals surface area contributed by atoms with Gasteiger partial charge in [0.15, 0.2) is 0 Å². The number of aryl methyl sites for hydroxylation is 2. The van der Waals surface area contributed by atoms with Crippen molar-refractivity contribution in [1.29, 1.82) is 0 Å². The summed E-state index contributed by atoms with van der Waals surface area (Å²) < 4.78 is 12.5. The number of nitrogens with two attached hydrogens (primary N) is 1. The zero-order valence-corrected chi connectivity index (χ0v) is 12.7. The van der Waals surface area contributed by atoms with E-state index in [9.17, 15) is 4.57 Å². The average Bonchev–Trinajstić information content (AvgIpc) is 2.43. The Morgan fingerprint density at radius 3 is 2.57 bits per heavy atom. The van der Waals surface area contributed by atoms with Crippen LogP contribution in [0.15, 0.2) is 36.4 Å². The summed E-state index contributed by atoms with van der Waals surface area (Å²) in [5.74, 6) is 0.514. The molecule has 112 valence electrons. The Kier molecular flexibility index (Phi) is 4.73. The number of hydrogen-bond acceptors (Lipinski definition) is 3. The van der Waals surface area contributed by atoms with Gasteiger partial charge in [0.1, 0.15) is 12.2 Å². The smallest absolute Gasteiger partial charge is 0.324 e. The third-order valence-corrected chi connectivity index (χ3v) is 4.05. The van der Waals surface area contributed by atoms with E-state index in [0.717, 1.165) is 16.8 Å². The highest BCUT2D eigenvalue weighted by molar-refractivity contribution is 7.51. The van der Waals surface area contributed by atoms with E-state index in [0.29, 0.717) is 18.8 Å². The van der Waals surface area contributed by atoms with Crippen molar-refractivity contribution >= 4 is 13.4 Å². The van der Waals surface area contributed by atoms with Crippen LogP contribution in [0.1, 0.15) is 12.0 Å². The molecule has 0 unspecified atom stereocenters. The van der Waals surface area contributed by atoms with Crippen LogP contribution < -0.4 is 10.4 Å². The second-order valence-electron chi connectivity index (χ2n) is 4.93. The fourth-order valence-electron chi connectivity index (χ4n) is 2.04. The van der Waals surface area contributed by atoms with Crippen LogP contribution in [0, 0.1) is 6.92 Å². The van der Waals surface area contributed by atoms with Crippen LogP contribution in [0.4, 0.5) is 5.82 Å². The molecule has 1 aromatic heterocycles. The lowest BCUT2D eigenvalue weighted by molar-refractivity contribution is -0.739. The van der Waals surface area contributed by atoms with Crippen LogP contribution in [0.2, 0.25) is 0 Å². The summed E-state index contributed by atoms with van der Waals surface area (Å²) in [4.78, 5) is 17.8. The minimum atomic E-state index is -3.98. The van der Waals surface area contributed by atoms with E-state index in [1.165, 1.54) is 0 Å². The van der Waals surface area contributed by atoms with Gasteiger partial charge in [-0.05, 0) is 19.4 Å². The molecule has 0 bridgehead atoms. The standard InChI is InChI=1S/C14H18N3O3P/c1-11-10-13(12-6-3-2-4-7-12)16-17(14(11)15)8-5-9-21(18,19)20/h2-4,6-7,10,15H,5,8-9H2,1H3,(H2,18,19,20)/p+1. The maximum absolute atomic E-state index is 10.9. The molecule has 1 heterocycles. The molecule has 0 aliphatic carbocycles. The van der Waals surface area contributed by atoms with E-state index in [1.807, 2.05) is 43.3 Å². The van der Waals surface area contributed by atoms with Crippen molar-refractivity contribution in [3.05, 3.63) is 42.0 Å². The maximum atomic E-state index is 10.9. The molecule has 7 heteroatoms. The van der Waals surface area contributed by atoms with Gasteiger partial charge in [0.2, 0.25) is 0 Å². The van der Waals surface area contributed by atoms with Gasteiger partial charge in [0, 0.05) is 11.1 Å². The molecular weight excluding hydrogens is 289 g/mol. The normalized spacial score (nSPS) is 11.6. The van der Waals surface area contributed by atoms with Crippen molar-refractivity contribution in [3.8, 4) is 11.3 Å². The minimum Gasteiger partial charge on any atom is -0.324 e. The SMILES string of the molecule is Cc1cc(-c2ccccc2)n[n+](CCCP(=O)(O)O)c1N. The fraction of sp³-hybridized carbons (Fsp3) is 0.286. The Hall–Kier alpha value is -1.75. The molecule has 0 spiro atoms. The molecule has 6 nitrogen and oxygen atoms in total. The van der Waals surface area contributed by atoms with E-state index in [-0.39, 0.29) is 6.16 Å². The molecule has 0 radical (unpaired) electrons. The first-order valence-electron chi connectivity index (χ1n) is 6.64. The van der Waals surface area contributed by atoms with Gasteiger partial charge in [-0.2, -0.15) is 0 Å². The minimum absolute atomic E-state index is 0.171. The summed E-state index contributed by atoms with van der Waals surface area (Å²) in [6.07, 6.45) is 0.152. The molecule has 2 aromatic rings. The lowest BCUT2D eigenvalue weighted by Crippen LogP contribution is -2.42. The van der Waals surface area contributed by atoms with Gasteiger partial charge >= 0.3 is 7.60 Å². The summed E-state index contributed by atoms with van der Waals surface area (Å²) in [5, 5.41) is 4.46. The zero-order chi connectivity index (χ0) is 15.5. The van der Waals surface area contributed by atoms with Crippen molar-refractivity contribution in [1.82, 2.24) is 5.10 Å². The van der Waals surface area contributed by atoms with Crippen molar-refractivity contribution in [2.45, 2.75) is 19.9 Å². The monoisotopic (exact) mass is 308 g/mol. The van der Waals surface area contributed by atoms with Crippen molar-refractivity contribution in [2.75, 3.05) is 11.9 Å². The van der Waals surface area contributed by atoms with Crippen LogP contribution in [0.25, 0.3) is 11.3 Å². The molecule has 0 aliphatic rings. The van der Waals surface area contributed by atoms with Gasteiger partial charge in [-0.25, -0.2) is 0 Å². The van der Waals surface area contributed by atoms with Crippen LogP contribution in [-0.4, -0.2) is 21.0 Å². The Balaban J connectivity index is 2.25. The van der Waals surface area contributed by atoms with E-state index in [1.54, 1.807) is 4.68 Å². The number of nitrogens with zero attached hydrogens (tertiary/aromatic N) is 2. The molecule has 21 heavy (non-hydrogen) atoms. The number of hydrogen-bond donors (Lipinski definition) is 3. The Bertz CT molecular complexity index is 671. The number of anilines is 1. The highest BCUT2D eigenvalue weighted by Crippen LogP contribution is 2.34. The number of aromatic nitrogens is 2. The van der Waals surface area contributed by atoms with Crippen LogP contribution in [-0.2, 0) is 11.1 Å². The highest BCUT2D eigenvalue weighted by atomic mass is 31.2. The predicted octanol–water partition coefficient (Wildman–Crippen LogP) is 1.49. The molecular formula is C14H19N3O3P+. The summed E-state index contributed by atoms with van der Waals surface area (Å²) in [5.41, 5.74) is 8.64. The average molecular weight is 308 g/mol. The summed E-state index contributed by atoms with van der Waals surface area (Å²) >= 11 is 0. The first-order valence-corrected chi connectivity index (χ1v) is 8.44. The predicted molar refractivity (Wildman–Crippen MR) is 80.5 cm³/mol. The largest absolute Gasteiger partial charge is 0.325 e. The van der Waals surface area contributed by atoms with Crippen molar-refractivity contribution in [2.24, 2.45) is 0 Å². The Morgan fingerprint density at radius 2 is 1.95 bits per heavy atom. The van der Waals surface area contributed by atoms with Gasteiger partial charge in [-0.15, -0.1) is 4.68 Å². The second-order valence-corrected chi connectivity index (χ2v) is 6.71. The molecule has 0 saturated heterocycles. The van der Waals surface area contributed by atoms with E-state index < -0.39 is 7.60 Å². The summed E-state index contributed by atoms with van der Waals surface area (Å²) in [6, 6.07) is 11.6. The quantitative estimate of drug-likeness (QED) is 0.574. The molecule has 0 saturated carbocycles. The van der Waals surface area contributed by atoms with Crippen LogP contribution in [0.5, 0.6) is 0 Å². The molecule has 1 aromatic carbocycles. The number of nitrogen functional groups attached to an aromatic ring is 1. The first kappa shape index (κ1) is 15.6. The van der Waals surface area contributed by atoms with Gasteiger partial charge < -0.3 is 9.79 Å². The third-order valence-electron chi connectivity index (χ3n) is 3.15. The summed E-state index contributed by atoms with van der Waals surface area (Å²) in [7, 11) is -3.98. The lowest BCUT2D eigenvalue weighted by atomic mass is 10.1. The zero-order valence-electron chi connectivity index (χ0n) is 11.8. The Labute approximate surface area is 123 Å². The molecule has 0 atom stereocenters. The lowest BCUT2D eigenvalue weighted by Gasteiger charge is -2.08. The van der Waals surface area contributed by atoms with Crippen LogP contribution in [0.3, 0.4) is 0 Å². The molecule has 0 fully saturated rings. The van der Waals surface area contributed by atoms with E-state index in [4.69, 9.17) is 15.5 Å². The van der Waals surface area contributed by atoms with Crippen LogP contribution >= 0.6 is 7.60 Å². The van der Waals surface area contributed by atoms with Gasteiger partial charge in [-0.1, -0.05) is 35.4 Å². The Morgan fingerprint density at radius 1 is 1.29 bits per heavy atom. The van der Waals surface area contributed by atoms with Gasteiger partial charge in [0.25, 0.3) is 5.82 Å². The highest BCUT2D eigenvalue weighted by Gasteiger charge is 2.17. The molecule has 0 amide bonds. The fourth-order valence-corrected chi connectivity index (χ4v) is 2.60. The van der Waals surface area contributed by atoms with E-state index >= 15 is 0 Å². The maximum Gasteiger partial charge on any atom is 0.325 e. The topological polar surface area (TPSA) is 100 Å². The van der Waals surface area contributed by atoms with Crippen molar-refractivity contribution in [3.63, 3.8) is 0 Å². The third kappa shape index (κ3) is 4.36. The second kappa shape index (κ2) is 6.35. The van der Waals surface area contributed by atoms with Gasteiger partial charge in [-0.3, -0.25) is 10.3 Å². The van der Waals surface area contributed by atoms with E-state index in [2.05, 4.69) is 5.10 Å². The number of benzene rings is 1. The molecule has 4 N–H and O–H groups in total. The molecule has 2 rings (SSSR count). The number of rotatable bonds is 5.